The van der Waals surface area contributed by atoms with Gasteiger partial charge in [-0.05, 0) is 35.7 Å². The number of nitrogens with zero attached hydrogens (tertiary/aromatic N) is 3. The lowest BCUT2D eigenvalue weighted by molar-refractivity contribution is -0.159. The van der Waals surface area contributed by atoms with E-state index >= 15 is 0 Å². The molecule has 0 aliphatic carbocycles. The molecule has 0 bridgehead atoms. The van der Waals surface area contributed by atoms with Crippen molar-refractivity contribution in [3.05, 3.63) is 90.8 Å². The van der Waals surface area contributed by atoms with Gasteiger partial charge in [0.15, 0.2) is 0 Å². The van der Waals surface area contributed by atoms with Gasteiger partial charge in [-0.15, -0.1) is 0 Å². The van der Waals surface area contributed by atoms with Crippen molar-refractivity contribution in [2.45, 2.75) is 18.9 Å². The first kappa shape index (κ1) is 26.6. The molecule has 0 saturated carbocycles. The zero-order valence-electron chi connectivity index (χ0n) is 20.5. The summed E-state index contributed by atoms with van der Waals surface area (Å²) in [6, 6.07) is 23.7. The van der Waals surface area contributed by atoms with Gasteiger partial charge in [-0.3, -0.25) is 19.4 Å². The summed E-state index contributed by atoms with van der Waals surface area (Å²) in [7, 11) is 1.29. The highest BCUT2D eigenvalue weighted by Crippen LogP contribution is 2.26. The number of amides is 2. The molecule has 1 aliphatic rings. The summed E-state index contributed by atoms with van der Waals surface area (Å²) < 4.78 is 4.72. The van der Waals surface area contributed by atoms with Crippen LogP contribution in [0.2, 0.25) is 0 Å². The summed E-state index contributed by atoms with van der Waals surface area (Å²) in [6.07, 6.45) is 3.82. The number of benzene rings is 2. The monoisotopic (exact) mass is 488 g/mol. The van der Waals surface area contributed by atoms with Crippen LogP contribution in [-0.4, -0.2) is 65.9 Å². The number of carbonyl (C=O) groups excluding carboxylic acids is 3. The van der Waals surface area contributed by atoms with Crippen LogP contribution in [0, 0.1) is 0 Å². The van der Waals surface area contributed by atoms with E-state index < -0.39 is 23.8 Å². The van der Waals surface area contributed by atoms with Gasteiger partial charge in [0.1, 0.15) is 0 Å². The first-order valence-electron chi connectivity index (χ1n) is 11.9. The molecule has 8 heteroatoms. The molecule has 2 heterocycles. The third kappa shape index (κ3) is 7.23. The van der Waals surface area contributed by atoms with Crippen LogP contribution in [0.5, 0.6) is 0 Å². The van der Waals surface area contributed by atoms with Gasteiger partial charge in [0.25, 0.3) is 0 Å². The Morgan fingerprint density at radius 1 is 0.944 bits per heavy atom. The lowest BCUT2D eigenvalue weighted by Gasteiger charge is -2.38. The SMILES string of the molecule is COC(=O)CC(c1cccnc1)N1CCN(CCCN)C(=O)C1=O.c1ccc(-c2ccccc2)cc1. The number of hydrogen-bond acceptors (Lipinski definition) is 6. The molecule has 1 aromatic heterocycles. The van der Waals surface area contributed by atoms with Crippen LogP contribution in [0.1, 0.15) is 24.4 Å². The van der Waals surface area contributed by atoms with Crippen molar-refractivity contribution in [3.63, 3.8) is 0 Å². The largest absolute Gasteiger partial charge is 0.469 e. The van der Waals surface area contributed by atoms with Crippen molar-refractivity contribution in [1.29, 1.82) is 0 Å². The molecule has 1 fully saturated rings. The summed E-state index contributed by atoms with van der Waals surface area (Å²) in [5.41, 5.74) is 8.70. The molecule has 0 spiro atoms. The average Bonchev–Trinajstić information content (AvgIpc) is 2.94. The first-order valence-corrected chi connectivity index (χ1v) is 11.9. The number of esters is 1. The fourth-order valence-electron chi connectivity index (χ4n) is 3.97. The molecule has 1 unspecified atom stereocenters. The van der Waals surface area contributed by atoms with E-state index in [0.29, 0.717) is 38.2 Å². The number of carbonyl (C=O) groups is 3. The molecule has 1 saturated heterocycles. The van der Waals surface area contributed by atoms with E-state index in [1.54, 1.807) is 24.5 Å². The van der Waals surface area contributed by atoms with Crippen molar-refractivity contribution in [3.8, 4) is 11.1 Å². The Hall–Kier alpha value is -4.04. The highest BCUT2D eigenvalue weighted by molar-refractivity contribution is 6.35. The number of rotatable bonds is 8. The minimum Gasteiger partial charge on any atom is -0.469 e. The van der Waals surface area contributed by atoms with Gasteiger partial charge >= 0.3 is 17.8 Å². The van der Waals surface area contributed by atoms with Crippen molar-refractivity contribution < 1.29 is 19.1 Å². The number of methoxy groups -OCH3 is 1. The molecule has 2 N–H and O–H groups in total. The van der Waals surface area contributed by atoms with E-state index in [-0.39, 0.29) is 6.42 Å². The normalized spacial score (nSPS) is 14.1. The molecule has 8 nitrogen and oxygen atoms in total. The van der Waals surface area contributed by atoms with E-state index in [9.17, 15) is 14.4 Å². The van der Waals surface area contributed by atoms with E-state index in [4.69, 9.17) is 10.5 Å². The number of ether oxygens (including phenoxy) is 1. The van der Waals surface area contributed by atoms with Crippen LogP contribution in [0.3, 0.4) is 0 Å². The van der Waals surface area contributed by atoms with Gasteiger partial charge in [0.05, 0.1) is 19.6 Å². The minimum atomic E-state index is -0.615. The number of pyridine rings is 1. The van der Waals surface area contributed by atoms with Gasteiger partial charge < -0.3 is 20.3 Å². The quantitative estimate of drug-likeness (QED) is 0.386. The minimum absolute atomic E-state index is 0.0238. The molecule has 36 heavy (non-hydrogen) atoms. The summed E-state index contributed by atoms with van der Waals surface area (Å²) in [6.45, 7) is 1.69. The van der Waals surface area contributed by atoms with Gasteiger partial charge in [-0.25, -0.2) is 0 Å². The Balaban J connectivity index is 0.000000249. The zero-order valence-corrected chi connectivity index (χ0v) is 20.5. The maximum Gasteiger partial charge on any atom is 0.312 e. The van der Waals surface area contributed by atoms with Crippen LogP contribution in [0.15, 0.2) is 85.2 Å². The van der Waals surface area contributed by atoms with E-state index in [0.717, 1.165) is 0 Å². The maximum absolute atomic E-state index is 12.5. The van der Waals surface area contributed by atoms with Crippen molar-refractivity contribution in [2.75, 3.05) is 33.3 Å². The highest BCUT2D eigenvalue weighted by atomic mass is 16.5. The molecule has 3 aromatic rings. The van der Waals surface area contributed by atoms with Crippen LogP contribution in [0.25, 0.3) is 11.1 Å². The number of hydrogen-bond donors (Lipinski definition) is 1. The van der Waals surface area contributed by atoms with Crippen molar-refractivity contribution in [1.82, 2.24) is 14.8 Å². The molecular formula is C28H32N4O4. The predicted octanol–water partition coefficient (Wildman–Crippen LogP) is 3.06. The standard InChI is InChI=1S/C16H22N4O4.C12H10/c1-24-14(21)10-13(12-4-2-6-18-11-12)20-9-8-19(7-3-5-17)15(22)16(20)23;1-3-7-11(8-4-1)12-9-5-2-6-10-12/h2,4,6,11,13H,3,5,7-10,17H2,1H3;1-10H. The fourth-order valence-corrected chi connectivity index (χ4v) is 3.97. The highest BCUT2D eigenvalue weighted by Gasteiger charge is 2.37. The number of piperazine rings is 1. The number of aromatic nitrogens is 1. The molecule has 1 aliphatic heterocycles. The Morgan fingerprint density at radius 3 is 2.11 bits per heavy atom. The Bertz CT molecular complexity index is 1070. The summed E-state index contributed by atoms with van der Waals surface area (Å²) in [5, 5.41) is 0. The van der Waals surface area contributed by atoms with E-state index in [1.807, 2.05) is 12.1 Å². The topological polar surface area (TPSA) is 106 Å². The van der Waals surface area contributed by atoms with Gasteiger partial charge in [-0.2, -0.15) is 0 Å². The van der Waals surface area contributed by atoms with Crippen LogP contribution in [0.4, 0.5) is 0 Å². The molecule has 1 atom stereocenters. The third-order valence-electron chi connectivity index (χ3n) is 5.89. The summed E-state index contributed by atoms with van der Waals surface area (Å²) in [4.78, 5) is 43.5. The summed E-state index contributed by atoms with van der Waals surface area (Å²) in [5.74, 6) is -1.63. The average molecular weight is 489 g/mol. The second kappa shape index (κ2) is 13.7. The maximum atomic E-state index is 12.5. The summed E-state index contributed by atoms with van der Waals surface area (Å²) >= 11 is 0. The molecule has 2 aromatic carbocycles. The Morgan fingerprint density at radius 2 is 1.58 bits per heavy atom. The van der Waals surface area contributed by atoms with E-state index in [1.165, 1.54) is 28.0 Å². The van der Waals surface area contributed by atoms with Gasteiger partial charge in [-0.1, -0.05) is 66.7 Å². The molecule has 4 rings (SSSR count). The van der Waals surface area contributed by atoms with E-state index in [2.05, 4.69) is 53.5 Å². The molecule has 2 amide bonds. The fraction of sp³-hybridized carbons (Fsp3) is 0.286. The second-order valence-corrected chi connectivity index (χ2v) is 8.25. The van der Waals surface area contributed by atoms with Crippen molar-refractivity contribution in [2.24, 2.45) is 5.73 Å². The van der Waals surface area contributed by atoms with Crippen LogP contribution in [-0.2, 0) is 19.1 Å². The van der Waals surface area contributed by atoms with Gasteiger partial charge in [0, 0.05) is 32.0 Å². The number of nitrogens with two attached hydrogens (primary N) is 1. The van der Waals surface area contributed by atoms with Crippen LogP contribution >= 0.6 is 0 Å². The zero-order chi connectivity index (χ0) is 25.8. The van der Waals surface area contributed by atoms with Crippen molar-refractivity contribution >= 4 is 17.8 Å². The van der Waals surface area contributed by atoms with Crippen LogP contribution < -0.4 is 5.73 Å². The molecule has 0 radical (unpaired) electrons. The van der Waals surface area contributed by atoms with Gasteiger partial charge in [0.2, 0.25) is 0 Å². The first-order chi connectivity index (χ1) is 17.5. The third-order valence-corrected chi connectivity index (χ3v) is 5.89. The lowest BCUT2D eigenvalue weighted by atomic mass is 10.0. The second-order valence-electron chi connectivity index (χ2n) is 8.25. The Labute approximate surface area is 211 Å². The predicted molar refractivity (Wildman–Crippen MR) is 137 cm³/mol. The molecular weight excluding hydrogens is 456 g/mol. The lowest BCUT2D eigenvalue weighted by Crippen LogP contribution is -2.55. The molecule has 188 valence electrons. The smallest absolute Gasteiger partial charge is 0.312 e. The Kier molecular flexibility index (Phi) is 10.1.